The molecule has 0 aliphatic carbocycles. The monoisotopic (exact) mass is 551 g/mol. The zero-order valence-electron chi connectivity index (χ0n) is 21.2. The number of carbonyl (C=O) groups is 1. The molecule has 7 nitrogen and oxygen atoms in total. The summed E-state index contributed by atoms with van der Waals surface area (Å²) in [7, 11) is -3.33. The highest BCUT2D eigenvalue weighted by molar-refractivity contribution is 7.88. The molecule has 204 valence electrons. The first-order chi connectivity index (χ1) is 17.5. The molecule has 0 bridgehead atoms. The van der Waals surface area contributed by atoms with Crippen molar-refractivity contribution in [2.45, 2.75) is 45.7 Å². The van der Waals surface area contributed by atoms with Crippen molar-refractivity contribution in [2.24, 2.45) is 0 Å². The van der Waals surface area contributed by atoms with E-state index in [0.717, 1.165) is 29.0 Å². The summed E-state index contributed by atoms with van der Waals surface area (Å²) < 4.78 is 76.1. The number of benzene rings is 3. The van der Waals surface area contributed by atoms with Crippen LogP contribution in [0.2, 0.25) is 0 Å². The van der Waals surface area contributed by atoms with Crippen LogP contribution in [-0.4, -0.2) is 31.4 Å². The molecule has 0 unspecified atom stereocenters. The van der Waals surface area contributed by atoms with Crippen LogP contribution in [0.4, 0.5) is 13.2 Å². The molecular formula is C27H28F3NO6S. The minimum absolute atomic E-state index is 0.0277. The van der Waals surface area contributed by atoms with Crippen molar-refractivity contribution in [3.8, 4) is 22.6 Å². The van der Waals surface area contributed by atoms with Crippen molar-refractivity contribution in [2.75, 3.05) is 6.26 Å². The van der Waals surface area contributed by atoms with Gasteiger partial charge in [0.2, 0.25) is 10.0 Å². The summed E-state index contributed by atoms with van der Waals surface area (Å²) in [5, 5.41) is 10.3. The van der Waals surface area contributed by atoms with Crippen LogP contribution in [-0.2, 0) is 34.1 Å². The van der Waals surface area contributed by atoms with E-state index in [-0.39, 0.29) is 18.7 Å². The minimum Gasteiger partial charge on any atom is -0.506 e. The Labute approximate surface area is 219 Å². The molecule has 2 N–H and O–H groups in total. The fourth-order valence-electron chi connectivity index (χ4n) is 3.52. The first-order valence-corrected chi connectivity index (χ1v) is 13.3. The lowest BCUT2D eigenvalue weighted by Crippen LogP contribution is -2.25. The second kappa shape index (κ2) is 11.0. The van der Waals surface area contributed by atoms with Crippen LogP contribution in [0.15, 0.2) is 60.7 Å². The van der Waals surface area contributed by atoms with Crippen molar-refractivity contribution in [3.05, 3.63) is 82.9 Å². The molecule has 3 aromatic carbocycles. The molecule has 3 rings (SSSR count). The lowest BCUT2D eigenvalue weighted by molar-refractivity contribution is -0.138. The molecule has 11 heteroatoms. The third kappa shape index (κ3) is 7.96. The van der Waals surface area contributed by atoms with Crippen molar-refractivity contribution in [1.29, 1.82) is 0 Å². The summed E-state index contributed by atoms with van der Waals surface area (Å²) in [5.41, 5.74) is -0.496. The lowest BCUT2D eigenvalue weighted by atomic mass is 10.0. The van der Waals surface area contributed by atoms with Gasteiger partial charge in [0, 0.05) is 12.1 Å². The van der Waals surface area contributed by atoms with Crippen molar-refractivity contribution in [1.82, 2.24) is 4.72 Å². The van der Waals surface area contributed by atoms with Gasteiger partial charge in [0.1, 0.15) is 29.3 Å². The van der Waals surface area contributed by atoms with E-state index < -0.39 is 44.6 Å². The van der Waals surface area contributed by atoms with Crippen LogP contribution in [0.25, 0.3) is 11.1 Å². The standard InChI is InChI=1S/C27H28F3NO6S/c1-26(2,3)37-25(33)23-20(10-13-22(24(23)32)27(28,29)30)16-36-21-11-8-18(9-12-21)19-7-5-6-17(14-19)15-31-38(4,34)35/h5-14,31-32H,15-16H2,1-4H3. The number of hydrogen-bond donors (Lipinski definition) is 2. The highest BCUT2D eigenvalue weighted by Gasteiger charge is 2.37. The van der Waals surface area contributed by atoms with Gasteiger partial charge in [-0.2, -0.15) is 13.2 Å². The van der Waals surface area contributed by atoms with E-state index in [1.54, 1.807) is 57.2 Å². The fraction of sp³-hybridized carbons (Fsp3) is 0.296. The number of phenolic OH excluding ortho intramolecular Hbond substituents is 1. The van der Waals surface area contributed by atoms with Crippen LogP contribution in [0.5, 0.6) is 11.5 Å². The Morgan fingerprint density at radius 3 is 2.21 bits per heavy atom. The Morgan fingerprint density at radius 1 is 0.974 bits per heavy atom. The number of nitrogens with one attached hydrogen (secondary N) is 1. The number of aromatic hydroxyl groups is 1. The second-order valence-corrected chi connectivity index (χ2v) is 11.4. The molecular weight excluding hydrogens is 523 g/mol. The predicted molar refractivity (Wildman–Crippen MR) is 136 cm³/mol. The highest BCUT2D eigenvalue weighted by atomic mass is 32.2. The number of carbonyl (C=O) groups excluding carboxylic acids is 1. The van der Waals surface area contributed by atoms with Gasteiger partial charge in [0.05, 0.1) is 11.8 Å². The molecule has 0 fully saturated rings. The van der Waals surface area contributed by atoms with E-state index in [4.69, 9.17) is 9.47 Å². The Hall–Kier alpha value is -3.57. The highest BCUT2D eigenvalue weighted by Crippen LogP contribution is 2.39. The van der Waals surface area contributed by atoms with E-state index in [2.05, 4.69) is 4.72 Å². The van der Waals surface area contributed by atoms with Crippen molar-refractivity contribution >= 4 is 16.0 Å². The topological polar surface area (TPSA) is 102 Å². The molecule has 0 amide bonds. The Balaban J connectivity index is 1.81. The molecule has 38 heavy (non-hydrogen) atoms. The van der Waals surface area contributed by atoms with Gasteiger partial charge in [-0.3, -0.25) is 0 Å². The third-order valence-electron chi connectivity index (χ3n) is 5.22. The van der Waals surface area contributed by atoms with Gasteiger partial charge in [-0.05, 0) is 61.7 Å². The predicted octanol–water partition coefficient (Wildman–Crippen LogP) is 5.66. The summed E-state index contributed by atoms with van der Waals surface area (Å²) in [6.45, 7) is 4.53. The maximum atomic E-state index is 13.3. The molecule has 0 saturated carbocycles. The zero-order valence-corrected chi connectivity index (χ0v) is 22.0. The first kappa shape index (κ1) is 29.0. The summed E-state index contributed by atoms with van der Waals surface area (Å²) in [6.07, 6.45) is -3.79. The molecule has 0 spiro atoms. The SMILES string of the molecule is CC(C)(C)OC(=O)c1c(COc2ccc(-c3cccc(CNS(C)(=O)=O)c3)cc2)ccc(C(F)(F)F)c1O. The van der Waals surface area contributed by atoms with Gasteiger partial charge in [-0.25, -0.2) is 17.9 Å². The number of ether oxygens (including phenoxy) is 2. The summed E-state index contributed by atoms with van der Waals surface area (Å²) in [6, 6.07) is 15.9. The number of hydrogen-bond acceptors (Lipinski definition) is 6. The molecule has 0 heterocycles. The van der Waals surface area contributed by atoms with Crippen LogP contribution in [0, 0.1) is 0 Å². The molecule has 0 aliphatic rings. The normalized spacial score (nSPS) is 12.3. The van der Waals surface area contributed by atoms with Crippen LogP contribution in [0.3, 0.4) is 0 Å². The molecule has 0 aromatic heterocycles. The largest absolute Gasteiger partial charge is 0.506 e. The van der Waals surface area contributed by atoms with E-state index >= 15 is 0 Å². The van der Waals surface area contributed by atoms with E-state index in [0.29, 0.717) is 11.8 Å². The number of halogens is 3. The van der Waals surface area contributed by atoms with Gasteiger partial charge in [-0.15, -0.1) is 0 Å². The Bertz CT molecular complexity index is 1410. The summed E-state index contributed by atoms with van der Waals surface area (Å²) >= 11 is 0. The van der Waals surface area contributed by atoms with Crippen LogP contribution >= 0.6 is 0 Å². The average Bonchev–Trinajstić information content (AvgIpc) is 2.79. The molecule has 0 radical (unpaired) electrons. The zero-order chi connectivity index (χ0) is 28.3. The Kier molecular flexibility index (Phi) is 8.42. The molecule has 0 saturated heterocycles. The van der Waals surface area contributed by atoms with Gasteiger partial charge >= 0.3 is 12.1 Å². The van der Waals surface area contributed by atoms with Gasteiger partial charge in [0.15, 0.2) is 0 Å². The maximum Gasteiger partial charge on any atom is 0.419 e. The van der Waals surface area contributed by atoms with Crippen molar-refractivity contribution in [3.63, 3.8) is 0 Å². The van der Waals surface area contributed by atoms with E-state index in [9.17, 15) is 31.5 Å². The number of esters is 1. The third-order valence-corrected chi connectivity index (χ3v) is 5.89. The second-order valence-electron chi connectivity index (χ2n) is 9.60. The average molecular weight is 552 g/mol. The molecule has 3 aromatic rings. The van der Waals surface area contributed by atoms with E-state index in [1.807, 2.05) is 12.1 Å². The van der Waals surface area contributed by atoms with Gasteiger partial charge in [-0.1, -0.05) is 36.4 Å². The van der Waals surface area contributed by atoms with Gasteiger partial charge in [0.25, 0.3) is 0 Å². The Morgan fingerprint density at radius 2 is 1.63 bits per heavy atom. The number of rotatable bonds is 8. The quantitative estimate of drug-likeness (QED) is 0.350. The number of alkyl halides is 3. The smallest absolute Gasteiger partial charge is 0.419 e. The number of sulfonamides is 1. The molecule has 0 atom stereocenters. The van der Waals surface area contributed by atoms with E-state index in [1.165, 1.54) is 0 Å². The summed E-state index contributed by atoms with van der Waals surface area (Å²) in [5.74, 6) is -1.94. The fourth-order valence-corrected chi connectivity index (χ4v) is 3.95. The van der Waals surface area contributed by atoms with Crippen LogP contribution in [0.1, 0.15) is 47.8 Å². The first-order valence-electron chi connectivity index (χ1n) is 11.5. The van der Waals surface area contributed by atoms with Crippen molar-refractivity contribution < 1.29 is 41.0 Å². The lowest BCUT2D eigenvalue weighted by Gasteiger charge is -2.22. The maximum absolute atomic E-state index is 13.3. The minimum atomic E-state index is -4.87. The van der Waals surface area contributed by atoms with Gasteiger partial charge < -0.3 is 14.6 Å². The van der Waals surface area contributed by atoms with Crippen LogP contribution < -0.4 is 9.46 Å². The molecule has 0 aliphatic heterocycles. The number of phenols is 1. The summed E-state index contributed by atoms with van der Waals surface area (Å²) in [4.78, 5) is 12.7.